The van der Waals surface area contributed by atoms with Gasteiger partial charge in [-0.1, -0.05) is 51.2 Å². The van der Waals surface area contributed by atoms with Crippen LogP contribution >= 0.6 is 0 Å². The average Bonchev–Trinajstić information content (AvgIpc) is 3.01. The number of hydrogen-bond donors (Lipinski definition) is 1. The van der Waals surface area contributed by atoms with Crippen molar-refractivity contribution in [2.24, 2.45) is 5.41 Å². The fraction of sp³-hybridized carbons (Fsp3) is 0.647. The molecule has 1 fully saturated rings. The highest BCUT2D eigenvalue weighted by Gasteiger charge is 2.24. The number of allylic oxidation sites excluding steroid dienone is 4. The second kappa shape index (κ2) is 8.21. The molecule has 0 amide bonds. The highest BCUT2D eigenvalue weighted by molar-refractivity contribution is 5.01. The average molecular weight is 262 g/mol. The first-order valence-corrected chi connectivity index (χ1v) is 7.42. The molecule has 0 aromatic carbocycles. The number of rotatable bonds is 8. The summed E-state index contributed by atoms with van der Waals surface area (Å²) in [7, 11) is 0. The molecule has 0 saturated carbocycles. The molecule has 1 N–H and O–H groups in total. The van der Waals surface area contributed by atoms with Gasteiger partial charge >= 0.3 is 0 Å². The minimum absolute atomic E-state index is 0.370. The minimum Gasteiger partial charge on any atom is -0.371 e. The Balaban J connectivity index is 1.93. The van der Waals surface area contributed by atoms with Crippen LogP contribution in [0.25, 0.3) is 0 Å². The molecule has 0 radical (unpaired) electrons. The molecule has 0 aromatic heterocycles. The van der Waals surface area contributed by atoms with Crippen LogP contribution in [0.15, 0.2) is 36.6 Å². The summed E-state index contributed by atoms with van der Waals surface area (Å²) in [6.45, 7) is 12.3. The van der Waals surface area contributed by atoms with E-state index in [9.17, 15) is 0 Å². The van der Waals surface area contributed by atoms with Crippen molar-refractivity contribution in [1.29, 1.82) is 0 Å². The molecular formula is C17H30N2. The summed E-state index contributed by atoms with van der Waals surface area (Å²) in [4.78, 5) is 2.34. The lowest BCUT2D eigenvalue weighted by atomic mass is 9.97. The molecule has 1 rings (SSSR count). The summed E-state index contributed by atoms with van der Waals surface area (Å²) in [5, 5.41) is 3.43. The van der Waals surface area contributed by atoms with Crippen LogP contribution in [0.4, 0.5) is 0 Å². The smallest absolute Gasteiger partial charge is 0.0432 e. The largest absolute Gasteiger partial charge is 0.371 e. The van der Waals surface area contributed by atoms with Crippen LogP contribution in [0.5, 0.6) is 0 Å². The van der Waals surface area contributed by atoms with Crippen molar-refractivity contribution >= 4 is 0 Å². The van der Waals surface area contributed by atoms with Gasteiger partial charge in [-0.2, -0.15) is 0 Å². The van der Waals surface area contributed by atoms with Gasteiger partial charge in [0.15, 0.2) is 0 Å². The fourth-order valence-corrected chi connectivity index (χ4v) is 1.72. The lowest BCUT2D eigenvalue weighted by Gasteiger charge is -2.17. The zero-order valence-electron chi connectivity index (χ0n) is 13.0. The van der Waals surface area contributed by atoms with Crippen LogP contribution in [0.2, 0.25) is 0 Å². The summed E-state index contributed by atoms with van der Waals surface area (Å²) >= 11 is 0. The van der Waals surface area contributed by atoms with Gasteiger partial charge in [0.25, 0.3) is 0 Å². The van der Waals surface area contributed by atoms with E-state index >= 15 is 0 Å². The molecule has 1 heterocycles. The molecule has 2 nitrogen and oxygen atoms in total. The van der Waals surface area contributed by atoms with Crippen molar-refractivity contribution in [2.75, 3.05) is 19.6 Å². The monoisotopic (exact) mass is 262 g/mol. The Morgan fingerprint density at radius 2 is 1.63 bits per heavy atom. The van der Waals surface area contributed by atoms with E-state index in [1.807, 2.05) is 0 Å². The van der Waals surface area contributed by atoms with Gasteiger partial charge in [-0.25, -0.2) is 0 Å². The molecule has 108 valence electrons. The van der Waals surface area contributed by atoms with E-state index in [1.54, 1.807) is 0 Å². The second-order valence-corrected chi connectivity index (χ2v) is 6.54. The maximum Gasteiger partial charge on any atom is 0.0432 e. The fourth-order valence-electron chi connectivity index (χ4n) is 1.72. The quantitative estimate of drug-likeness (QED) is 0.407. The van der Waals surface area contributed by atoms with Gasteiger partial charge in [0.1, 0.15) is 0 Å². The van der Waals surface area contributed by atoms with E-state index in [-0.39, 0.29) is 0 Å². The van der Waals surface area contributed by atoms with E-state index < -0.39 is 0 Å². The zero-order valence-corrected chi connectivity index (χ0v) is 13.0. The Morgan fingerprint density at radius 1 is 1.05 bits per heavy atom. The van der Waals surface area contributed by atoms with Gasteiger partial charge in [-0.3, -0.25) is 0 Å². The predicted molar refractivity (Wildman–Crippen MR) is 85.1 cm³/mol. The standard InChI is InChI=1S/C17H30N2/c1-16-14-19(16)13-11-9-7-5-6-8-10-12-18-15-17(2,3)4/h5,7-8,10-11,13,16,18H,6,9,12,14-15H2,1-4H3/b7-5+,10-8+,13-11+. The molecule has 1 aliphatic heterocycles. The zero-order chi connectivity index (χ0) is 14.1. The third-order valence-electron chi connectivity index (χ3n) is 3.00. The first kappa shape index (κ1) is 16.0. The summed E-state index contributed by atoms with van der Waals surface area (Å²) in [5.74, 6) is 0. The molecule has 1 atom stereocenters. The van der Waals surface area contributed by atoms with Crippen molar-refractivity contribution in [2.45, 2.75) is 46.6 Å². The highest BCUT2D eigenvalue weighted by Crippen LogP contribution is 2.15. The van der Waals surface area contributed by atoms with Crippen LogP contribution in [0.1, 0.15) is 40.5 Å². The van der Waals surface area contributed by atoms with E-state index in [4.69, 9.17) is 0 Å². The molecule has 19 heavy (non-hydrogen) atoms. The molecule has 0 spiro atoms. The van der Waals surface area contributed by atoms with Gasteiger partial charge in [0.05, 0.1) is 0 Å². The van der Waals surface area contributed by atoms with Crippen LogP contribution in [-0.2, 0) is 0 Å². The molecule has 1 aliphatic rings. The lowest BCUT2D eigenvalue weighted by Crippen LogP contribution is -2.26. The first-order chi connectivity index (χ1) is 8.99. The third-order valence-corrected chi connectivity index (χ3v) is 3.00. The maximum atomic E-state index is 3.43. The van der Waals surface area contributed by atoms with Crippen LogP contribution in [0, 0.1) is 5.41 Å². The lowest BCUT2D eigenvalue weighted by molar-refractivity contribution is 0.388. The SMILES string of the molecule is CC1CN1/C=C/C/C=C/C/C=C/CNCC(C)(C)C. The first-order valence-electron chi connectivity index (χ1n) is 7.42. The van der Waals surface area contributed by atoms with Crippen molar-refractivity contribution in [3.63, 3.8) is 0 Å². The molecule has 1 saturated heterocycles. The van der Waals surface area contributed by atoms with Gasteiger partial charge < -0.3 is 10.2 Å². The number of nitrogens with zero attached hydrogens (tertiary/aromatic N) is 1. The second-order valence-electron chi connectivity index (χ2n) is 6.54. The highest BCUT2D eigenvalue weighted by atomic mass is 15.3. The molecule has 0 aromatic rings. The normalized spacial score (nSPS) is 20.2. The third kappa shape index (κ3) is 9.54. The van der Waals surface area contributed by atoms with E-state index in [0.29, 0.717) is 5.41 Å². The molecule has 2 heteroatoms. The van der Waals surface area contributed by atoms with Crippen molar-refractivity contribution < 1.29 is 0 Å². The van der Waals surface area contributed by atoms with Crippen molar-refractivity contribution in [1.82, 2.24) is 10.2 Å². The summed E-state index contributed by atoms with van der Waals surface area (Å²) in [6, 6.07) is 0.767. The number of nitrogens with one attached hydrogen (secondary N) is 1. The van der Waals surface area contributed by atoms with E-state index in [0.717, 1.165) is 32.0 Å². The summed E-state index contributed by atoms with van der Waals surface area (Å²) < 4.78 is 0. The van der Waals surface area contributed by atoms with Crippen molar-refractivity contribution in [3.8, 4) is 0 Å². The van der Waals surface area contributed by atoms with Gasteiger partial charge in [0.2, 0.25) is 0 Å². The van der Waals surface area contributed by atoms with Crippen LogP contribution in [0.3, 0.4) is 0 Å². The van der Waals surface area contributed by atoms with E-state index in [1.165, 1.54) is 6.54 Å². The molecule has 0 aliphatic carbocycles. The number of hydrogen-bond acceptors (Lipinski definition) is 2. The summed E-state index contributed by atoms with van der Waals surface area (Å²) in [6.07, 6.45) is 15.4. The topological polar surface area (TPSA) is 15.0 Å². The van der Waals surface area contributed by atoms with E-state index in [2.05, 4.69) is 74.5 Å². The maximum absolute atomic E-state index is 3.43. The summed E-state index contributed by atoms with van der Waals surface area (Å²) in [5.41, 5.74) is 0.370. The predicted octanol–water partition coefficient (Wildman–Crippen LogP) is 3.73. The molecule has 1 unspecified atom stereocenters. The van der Waals surface area contributed by atoms with Crippen LogP contribution in [-0.4, -0.2) is 30.6 Å². The van der Waals surface area contributed by atoms with Crippen molar-refractivity contribution in [3.05, 3.63) is 36.6 Å². The van der Waals surface area contributed by atoms with Gasteiger partial charge in [-0.05, 0) is 31.4 Å². The minimum atomic E-state index is 0.370. The van der Waals surface area contributed by atoms with Crippen LogP contribution < -0.4 is 5.32 Å². The Labute approximate surface area is 119 Å². The Kier molecular flexibility index (Phi) is 6.93. The Hall–Kier alpha value is -1.02. The molecule has 0 bridgehead atoms. The van der Waals surface area contributed by atoms with Gasteiger partial charge in [-0.15, -0.1) is 0 Å². The Bertz CT molecular complexity index is 321. The molecular weight excluding hydrogens is 232 g/mol. The Morgan fingerprint density at radius 3 is 2.21 bits per heavy atom. The van der Waals surface area contributed by atoms with Gasteiger partial charge in [0, 0.05) is 25.7 Å².